The quantitative estimate of drug-likeness (QED) is 0.848. The lowest BCUT2D eigenvalue weighted by Gasteiger charge is -2.30. The van der Waals surface area contributed by atoms with E-state index in [1.165, 1.54) is 0 Å². The van der Waals surface area contributed by atoms with Crippen molar-refractivity contribution in [1.29, 1.82) is 0 Å². The Hall–Kier alpha value is -0.960. The molecule has 0 aliphatic heterocycles. The van der Waals surface area contributed by atoms with Crippen LogP contribution >= 0.6 is 0 Å². The molecule has 0 N–H and O–H groups in total. The Labute approximate surface area is 124 Å². The number of ketones is 1. The lowest BCUT2D eigenvalue weighted by molar-refractivity contribution is -0.121. The van der Waals surface area contributed by atoms with E-state index >= 15 is 0 Å². The van der Waals surface area contributed by atoms with E-state index in [1.807, 2.05) is 30.3 Å². The minimum Gasteiger partial charge on any atom is -0.298 e. The molecule has 110 valence electrons. The maximum Gasteiger partial charge on any atom is 0.152 e. The molecule has 1 fully saturated rings. The summed E-state index contributed by atoms with van der Waals surface area (Å²) in [5.74, 6) is 0.597. The van der Waals surface area contributed by atoms with Gasteiger partial charge in [-0.15, -0.1) is 0 Å². The highest BCUT2D eigenvalue weighted by Crippen LogP contribution is 2.45. The van der Waals surface area contributed by atoms with Gasteiger partial charge in [-0.2, -0.15) is 0 Å². The highest BCUT2D eigenvalue weighted by atomic mass is 32.2. The molecule has 0 bridgehead atoms. The monoisotopic (exact) mass is 292 g/mol. The lowest BCUT2D eigenvalue weighted by atomic mass is 9.74. The lowest BCUT2D eigenvalue weighted by Crippen LogP contribution is -2.26. The van der Waals surface area contributed by atoms with Crippen molar-refractivity contribution in [3.8, 4) is 0 Å². The molecule has 1 saturated carbocycles. The molecule has 4 atom stereocenters. The summed E-state index contributed by atoms with van der Waals surface area (Å²) >= 11 is 0. The predicted molar refractivity (Wildman–Crippen MR) is 83.0 cm³/mol. The van der Waals surface area contributed by atoms with Gasteiger partial charge in [-0.3, -0.25) is 9.00 Å². The number of rotatable bonds is 3. The summed E-state index contributed by atoms with van der Waals surface area (Å²) in [5, 5.41) is -0.327. The van der Waals surface area contributed by atoms with E-state index in [0.29, 0.717) is 5.92 Å². The topological polar surface area (TPSA) is 34.1 Å². The molecule has 0 spiro atoms. The molecule has 1 aliphatic rings. The van der Waals surface area contributed by atoms with Crippen LogP contribution in [0.5, 0.6) is 0 Å². The van der Waals surface area contributed by atoms with Gasteiger partial charge in [0, 0.05) is 10.8 Å². The number of carbonyl (C=O) groups excluding carboxylic acids is 1. The highest BCUT2D eigenvalue weighted by molar-refractivity contribution is 7.86. The van der Waals surface area contributed by atoms with Crippen LogP contribution in [0.1, 0.15) is 40.5 Å². The van der Waals surface area contributed by atoms with Crippen molar-refractivity contribution in [2.75, 3.05) is 0 Å². The van der Waals surface area contributed by atoms with E-state index in [1.54, 1.807) is 0 Å². The number of Topliss-reactive ketones (excluding diaryl/α,β-unsaturated/α-hetero) is 1. The van der Waals surface area contributed by atoms with Crippen molar-refractivity contribution in [1.82, 2.24) is 0 Å². The van der Waals surface area contributed by atoms with Gasteiger partial charge in [-0.25, -0.2) is 0 Å². The zero-order valence-corrected chi connectivity index (χ0v) is 13.6. The second-order valence-electron chi connectivity index (χ2n) is 6.72. The summed E-state index contributed by atoms with van der Waals surface area (Å²) in [6.45, 7) is 8.61. The molecule has 1 aliphatic carbocycles. The van der Waals surface area contributed by atoms with Gasteiger partial charge in [0.25, 0.3) is 0 Å². The Morgan fingerprint density at radius 3 is 2.25 bits per heavy atom. The molecule has 3 heteroatoms. The third-order valence-corrected chi connectivity index (χ3v) is 6.10. The van der Waals surface area contributed by atoms with Crippen molar-refractivity contribution >= 4 is 16.6 Å². The smallest absolute Gasteiger partial charge is 0.152 e. The zero-order chi connectivity index (χ0) is 14.9. The highest BCUT2D eigenvalue weighted by Gasteiger charge is 2.48. The van der Waals surface area contributed by atoms with Gasteiger partial charge in [0.15, 0.2) is 5.78 Å². The number of benzene rings is 1. The molecular formula is C17H24O2S. The SMILES string of the molecule is CCC1C(=O)C(S(=O)c2ccccc2)CC1C(C)(C)C. The van der Waals surface area contributed by atoms with Crippen LogP contribution in [-0.2, 0) is 15.6 Å². The van der Waals surface area contributed by atoms with Gasteiger partial charge in [-0.05, 0) is 36.3 Å². The second-order valence-corrected chi connectivity index (χ2v) is 8.36. The fourth-order valence-electron chi connectivity index (χ4n) is 3.30. The Morgan fingerprint density at radius 2 is 1.80 bits per heavy atom. The molecule has 0 radical (unpaired) electrons. The van der Waals surface area contributed by atoms with Crippen molar-refractivity contribution in [3.05, 3.63) is 30.3 Å². The summed E-state index contributed by atoms with van der Waals surface area (Å²) in [4.78, 5) is 13.4. The first-order chi connectivity index (χ1) is 9.36. The van der Waals surface area contributed by atoms with Gasteiger partial charge < -0.3 is 0 Å². The zero-order valence-electron chi connectivity index (χ0n) is 12.8. The minimum absolute atomic E-state index is 0.0627. The van der Waals surface area contributed by atoms with Crippen molar-refractivity contribution in [2.45, 2.75) is 50.7 Å². The molecule has 20 heavy (non-hydrogen) atoms. The van der Waals surface area contributed by atoms with Crippen LogP contribution < -0.4 is 0 Å². The van der Waals surface area contributed by atoms with Gasteiger partial charge in [0.1, 0.15) is 0 Å². The van der Waals surface area contributed by atoms with E-state index in [2.05, 4.69) is 27.7 Å². The molecule has 2 rings (SSSR count). The molecule has 0 saturated heterocycles. The predicted octanol–water partition coefficient (Wildman–Crippen LogP) is 3.82. The third-order valence-electron chi connectivity index (χ3n) is 4.42. The molecular weight excluding hydrogens is 268 g/mol. The minimum atomic E-state index is -1.22. The summed E-state index contributed by atoms with van der Waals surface area (Å²) < 4.78 is 12.7. The summed E-state index contributed by atoms with van der Waals surface area (Å²) in [6, 6.07) is 9.38. The molecule has 0 heterocycles. The van der Waals surface area contributed by atoms with E-state index in [4.69, 9.17) is 0 Å². The van der Waals surface area contributed by atoms with Crippen LogP contribution in [0.2, 0.25) is 0 Å². The van der Waals surface area contributed by atoms with Crippen molar-refractivity contribution in [2.24, 2.45) is 17.3 Å². The van der Waals surface area contributed by atoms with E-state index in [9.17, 15) is 9.00 Å². The standard InChI is InChI=1S/C17H24O2S/c1-5-13-14(17(2,3)4)11-15(16(13)18)20(19)12-9-7-6-8-10-12/h6-10,13-15H,5,11H2,1-4H3. The molecule has 1 aromatic rings. The molecule has 0 amide bonds. The van der Waals surface area contributed by atoms with E-state index in [0.717, 1.165) is 17.7 Å². The maximum absolute atomic E-state index is 12.7. The van der Waals surface area contributed by atoms with Gasteiger partial charge >= 0.3 is 0 Å². The normalized spacial score (nSPS) is 28.6. The third kappa shape index (κ3) is 2.88. The first-order valence-electron chi connectivity index (χ1n) is 7.35. The first kappa shape index (κ1) is 15.4. The van der Waals surface area contributed by atoms with Crippen LogP contribution in [-0.4, -0.2) is 15.2 Å². The fourth-order valence-corrected chi connectivity index (χ4v) is 4.82. The van der Waals surface area contributed by atoms with Gasteiger partial charge in [0.05, 0.1) is 16.0 Å². The summed E-state index contributed by atoms with van der Waals surface area (Å²) in [5.41, 5.74) is 0.0893. The average molecular weight is 292 g/mol. The number of hydrogen-bond acceptors (Lipinski definition) is 2. The van der Waals surface area contributed by atoms with Crippen LogP contribution in [0.4, 0.5) is 0 Å². The van der Waals surface area contributed by atoms with E-state index < -0.39 is 10.8 Å². The summed E-state index contributed by atoms with van der Waals surface area (Å²) in [7, 11) is -1.22. The molecule has 0 aromatic heterocycles. The molecule has 2 nitrogen and oxygen atoms in total. The van der Waals surface area contributed by atoms with Crippen molar-refractivity contribution in [3.63, 3.8) is 0 Å². The van der Waals surface area contributed by atoms with Crippen LogP contribution in [0, 0.1) is 17.3 Å². The maximum atomic E-state index is 12.7. The Bertz CT molecular complexity index is 501. The van der Waals surface area contributed by atoms with Gasteiger partial charge in [0.2, 0.25) is 0 Å². The Balaban J connectivity index is 2.27. The average Bonchev–Trinajstić information content (AvgIpc) is 2.76. The number of hydrogen-bond donors (Lipinski definition) is 0. The van der Waals surface area contributed by atoms with Crippen LogP contribution in [0.3, 0.4) is 0 Å². The molecule has 4 unspecified atom stereocenters. The Morgan fingerprint density at radius 1 is 1.20 bits per heavy atom. The van der Waals surface area contributed by atoms with Crippen LogP contribution in [0.25, 0.3) is 0 Å². The second kappa shape index (κ2) is 5.80. The van der Waals surface area contributed by atoms with Crippen LogP contribution in [0.15, 0.2) is 35.2 Å². The number of carbonyl (C=O) groups is 1. The fraction of sp³-hybridized carbons (Fsp3) is 0.588. The summed E-state index contributed by atoms with van der Waals surface area (Å²) in [6.07, 6.45) is 1.60. The largest absolute Gasteiger partial charge is 0.298 e. The van der Waals surface area contributed by atoms with Crippen molar-refractivity contribution < 1.29 is 9.00 Å². The first-order valence-corrected chi connectivity index (χ1v) is 8.57. The van der Waals surface area contributed by atoms with E-state index in [-0.39, 0.29) is 22.4 Å². The van der Waals surface area contributed by atoms with Gasteiger partial charge in [-0.1, -0.05) is 45.9 Å². The Kier molecular flexibility index (Phi) is 4.48. The molecule has 1 aromatic carbocycles.